The highest BCUT2D eigenvalue weighted by Gasteiger charge is 2.10. The highest BCUT2D eigenvalue weighted by atomic mass is 35.5. The minimum atomic E-state index is -0.261. The molecule has 0 saturated heterocycles. The van der Waals surface area contributed by atoms with Gasteiger partial charge >= 0.3 is 0 Å². The number of nitrogens with one attached hydrogen (secondary N) is 3. The molecule has 0 spiro atoms. The second kappa shape index (κ2) is 8.21. The number of halogens is 1. The molecule has 0 radical (unpaired) electrons. The van der Waals surface area contributed by atoms with Crippen LogP contribution in [-0.4, -0.2) is 32.5 Å². The maximum absolute atomic E-state index is 12.1. The molecule has 2 aromatic rings. The summed E-state index contributed by atoms with van der Waals surface area (Å²) < 4.78 is 5.06. The lowest BCUT2D eigenvalue weighted by Crippen LogP contribution is -2.24. The predicted octanol–water partition coefficient (Wildman–Crippen LogP) is 2.76. The van der Waals surface area contributed by atoms with Gasteiger partial charge in [0.1, 0.15) is 5.75 Å². The first-order valence-electron chi connectivity index (χ1n) is 7.23. The number of hydrogen-bond acceptors (Lipinski definition) is 4. The average molecular weight is 348 g/mol. The van der Waals surface area contributed by atoms with Crippen molar-refractivity contribution in [1.82, 2.24) is 5.32 Å². The highest BCUT2D eigenvalue weighted by molar-refractivity contribution is 6.32. The first kappa shape index (κ1) is 17.6. The predicted molar refractivity (Wildman–Crippen MR) is 95.0 cm³/mol. The Balaban J connectivity index is 1.99. The molecular weight excluding hydrogens is 330 g/mol. The molecule has 2 rings (SSSR count). The smallest absolute Gasteiger partial charge is 0.253 e. The lowest BCUT2D eigenvalue weighted by Gasteiger charge is -2.12. The molecule has 2 aromatic carbocycles. The third-order valence-corrected chi connectivity index (χ3v) is 3.57. The zero-order valence-electron chi connectivity index (χ0n) is 13.4. The summed E-state index contributed by atoms with van der Waals surface area (Å²) in [6.07, 6.45) is 0. The molecule has 0 aromatic heterocycles. The summed E-state index contributed by atoms with van der Waals surface area (Å²) in [4.78, 5) is 23.8. The number of rotatable bonds is 6. The van der Waals surface area contributed by atoms with E-state index in [1.54, 1.807) is 49.5 Å². The first-order valence-corrected chi connectivity index (χ1v) is 7.61. The number of carbonyl (C=O) groups excluding carboxylic acids is 2. The molecule has 126 valence electrons. The van der Waals surface area contributed by atoms with Gasteiger partial charge in [0.25, 0.3) is 5.91 Å². The van der Waals surface area contributed by atoms with Gasteiger partial charge in [-0.2, -0.15) is 0 Å². The Bertz CT molecular complexity index is 750. The minimum Gasteiger partial charge on any atom is -0.495 e. The van der Waals surface area contributed by atoms with Gasteiger partial charge in [-0.1, -0.05) is 23.7 Å². The van der Waals surface area contributed by atoms with Crippen LogP contribution in [0.15, 0.2) is 42.5 Å². The molecule has 7 heteroatoms. The van der Waals surface area contributed by atoms with Crippen molar-refractivity contribution in [3.63, 3.8) is 0 Å². The Morgan fingerprint density at radius 1 is 1.17 bits per heavy atom. The summed E-state index contributed by atoms with van der Waals surface area (Å²) in [6.45, 7) is 0.0116. The molecule has 3 N–H and O–H groups in total. The minimum absolute atomic E-state index is 0.0116. The van der Waals surface area contributed by atoms with Crippen LogP contribution in [0.25, 0.3) is 0 Å². The monoisotopic (exact) mass is 347 g/mol. The fraction of sp³-hybridized carbons (Fsp3) is 0.176. The van der Waals surface area contributed by atoms with Crippen LogP contribution in [0.3, 0.4) is 0 Å². The summed E-state index contributed by atoms with van der Waals surface area (Å²) in [5, 5.41) is 8.65. The van der Waals surface area contributed by atoms with Crippen molar-refractivity contribution < 1.29 is 14.3 Å². The van der Waals surface area contributed by atoms with E-state index in [9.17, 15) is 9.59 Å². The van der Waals surface area contributed by atoms with E-state index >= 15 is 0 Å². The molecule has 0 unspecified atom stereocenters. The number of carbonyl (C=O) groups is 2. The van der Waals surface area contributed by atoms with E-state index in [2.05, 4.69) is 16.0 Å². The lowest BCUT2D eigenvalue weighted by molar-refractivity contribution is -0.114. The fourth-order valence-electron chi connectivity index (χ4n) is 2.09. The van der Waals surface area contributed by atoms with Crippen molar-refractivity contribution in [2.45, 2.75) is 0 Å². The molecule has 0 heterocycles. The van der Waals surface area contributed by atoms with Crippen LogP contribution in [0, 0.1) is 0 Å². The second-order valence-electron chi connectivity index (χ2n) is 4.88. The Kier molecular flexibility index (Phi) is 6.03. The fourth-order valence-corrected chi connectivity index (χ4v) is 2.35. The Morgan fingerprint density at radius 3 is 2.58 bits per heavy atom. The van der Waals surface area contributed by atoms with E-state index in [1.807, 2.05) is 0 Å². The standard InChI is InChI=1S/C17H18ClN3O3/c1-19-17(23)12-5-3-4-6-14(12)20-10-16(22)21-11-7-8-15(24-2)13(18)9-11/h3-9,20H,10H2,1-2H3,(H,19,23)(H,21,22). The summed E-state index contributed by atoms with van der Waals surface area (Å²) >= 11 is 6.02. The molecule has 0 aliphatic heterocycles. The van der Waals surface area contributed by atoms with Gasteiger partial charge in [-0.3, -0.25) is 9.59 Å². The van der Waals surface area contributed by atoms with E-state index < -0.39 is 0 Å². The number of benzene rings is 2. The molecule has 6 nitrogen and oxygen atoms in total. The third-order valence-electron chi connectivity index (χ3n) is 3.27. The zero-order valence-corrected chi connectivity index (χ0v) is 14.1. The van der Waals surface area contributed by atoms with Gasteiger partial charge < -0.3 is 20.7 Å². The van der Waals surface area contributed by atoms with E-state index in [0.29, 0.717) is 27.7 Å². The molecule has 2 amide bonds. The van der Waals surface area contributed by atoms with Crippen LogP contribution in [0.4, 0.5) is 11.4 Å². The van der Waals surface area contributed by atoms with Gasteiger partial charge in [-0.15, -0.1) is 0 Å². The number of ether oxygens (including phenoxy) is 1. The SMILES string of the molecule is CNC(=O)c1ccccc1NCC(=O)Nc1ccc(OC)c(Cl)c1. The number of hydrogen-bond donors (Lipinski definition) is 3. The molecule has 0 aliphatic carbocycles. The van der Waals surface area contributed by atoms with Crippen LogP contribution in [0.5, 0.6) is 5.75 Å². The van der Waals surface area contributed by atoms with Crippen molar-refractivity contribution in [1.29, 1.82) is 0 Å². The van der Waals surface area contributed by atoms with Gasteiger partial charge in [0, 0.05) is 18.4 Å². The summed E-state index contributed by atoms with van der Waals surface area (Å²) in [6, 6.07) is 11.9. The molecule has 0 aliphatic rings. The van der Waals surface area contributed by atoms with Crippen molar-refractivity contribution in [2.24, 2.45) is 0 Å². The lowest BCUT2D eigenvalue weighted by atomic mass is 10.1. The van der Waals surface area contributed by atoms with Crippen LogP contribution in [0.1, 0.15) is 10.4 Å². The largest absolute Gasteiger partial charge is 0.495 e. The summed E-state index contributed by atoms with van der Waals surface area (Å²) in [7, 11) is 3.08. The van der Waals surface area contributed by atoms with Crippen LogP contribution >= 0.6 is 11.6 Å². The highest BCUT2D eigenvalue weighted by Crippen LogP contribution is 2.27. The van der Waals surface area contributed by atoms with Gasteiger partial charge in [0.05, 0.1) is 24.2 Å². The van der Waals surface area contributed by atoms with Crippen LogP contribution in [-0.2, 0) is 4.79 Å². The second-order valence-corrected chi connectivity index (χ2v) is 5.28. The van der Waals surface area contributed by atoms with E-state index in [1.165, 1.54) is 7.11 Å². The van der Waals surface area contributed by atoms with Crippen molar-refractivity contribution in [3.8, 4) is 5.75 Å². The van der Waals surface area contributed by atoms with Crippen molar-refractivity contribution in [3.05, 3.63) is 53.1 Å². The number of amides is 2. The number of methoxy groups -OCH3 is 1. The molecule has 0 atom stereocenters. The Labute approximate surface area is 145 Å². The normalized spacial score (nSPS) is 9.96. The molecule has 0 saturated carbocycles. The Morgan fingerprint density at radius 2 is 1.92 bits per heavy atom. The van der Waals surface area contributed by atoms with Crippen molar-refractivity contribution >= 4 is 34.8 Å². The zero-order chi connectivity index (χ0) is 17.5. The average Bonchev–Trinajstić information content (AvgIpc) is 2.59. The molecule has 24 heavy (non-hydrogen) atoms. The van der Waals surface area contributed by atoms with Crippen LogP contribution < -0.4 is 20.7 Å². The number of anilines is 2. The first-order chi connectivity index (χ1) is 11.5. The van der Waals surface area contributed by atoms with E-state index in [4.69, 9.17) is 16.3 Å². The van der Waals surface area contributed by atoms with Crippen LogP contribution in [0.2, 0.25) is 5.02 Å². The molecular formula is C17H18ClN3O3. The van der Waals surface area contributed by atoms with Gasteiger partial charge in [0.15, 0.2) is 0 Å². The summed E-state index contributed by atoms with van der Waals surface area (Å²) in [5.41, 5.74) is 1.62. The number of para-hydroxylation sites is 1. The van der Waals surface area contributed by atoms with E-state index in [0.717, 1.165) is 0 Å². The van der Waals surface area contributed by atoms with Gasteiger partial charge in [-0.05, 0) is 30.3 Å². The van der Waals surface area contributed by atoms with Crippen molar-refractivity contribution in [2.75, 3.05) is 31.3 Å². The maximum atomic E-state index is 12.1. The molecule has 0 bridgehead atoms. The third kappa shape index (κ3) is 4.39. The summed E-state index contributed by atoms with van der Waals surface area (Å²) in [5.74, 6) is 0.0516. The Hall–Kier alpha value is -2.73. The van der Waals surface area contributed by atoms with Gasteiger partial charge in [0.2, 0.25) is 5.91 Å². The van der Waals surface area contributed by atoms with E-state index in [-0.39, 0.29) is 18.4 Å². The maximum Gasteiger partial charge on any atom is 0.253 e. The topological polar surface area (TPSA) is 79.5 Å². The van der Waals surface area contributed by atoms with Gasteiger partial charge in [-0.25, -0.2) is 0 Å². The molecule has 0 fully saturated rings. The quantitative estimate of drug-likeness (QED) is 0.750.